The van der Waals surface area contributed by atoms with Gasteiger partial charge < -0.3 is 41.4 Å². The van der Waals surface area contributed by atoms with Crippen molar-refractivity contribution in [2.24, 2.45) is 5.73 Å². The van der Waals surface area contributed by atoms with Crippen LogP contribution in [0.4, 0.5) is 0 Å². The Kier molecular flexibility index (Phi) is 37.2. The van der Waals surface area contributed by atoms with Gasteiger partial charge in [0.1, 0.15) is 11.4 Å². The van der Waals surface area contributed by atoms with Crippen molar-refractivity contribution in [3.63, 3.8) is 0 Å². The van der Waals surface area contributed by atoms with E-state index in [-0.39, 0.29) is 83.0 Å². The van der Waals surface area contributed by atoms with Crippen LogP contribution < -0.4 is 32.3 Å². The van der Waals surface area contributed by atoms with E-state index in [1.807, 2.05) is 0 Å². The molecule has 7 aliphatic carbocycles. The summed E-state index contributed by atoms with van der Waals surface area (Å²) in [6, 6.07) is 0. The van der Waals surface area contributed by atoms with Crippen LogP contribution in [0.5, 0.6) is 0 Å². The second-order valence-corrected chi connectivity index (χ2v) is 24.3. The first-order valence-corrected chi connectivity index (χ1v) is 31.2. The molecule has 85 heavy (non-hydrogen) atoms. The summed E-state index contributed by atoms with van der Waals surface area (Å²) in [5.74, 6) is -0.961. The highest BCUT2D eigenvalue weighted by molar-refractivity contribution is 5.79. The summed E-state index contributed by atoms with van der Waals surface area (Å²) in [4.78, 5) is 93.8. The maximum absolute atomic E-state index is 11.0. The van der Waals surface area contributed by atoms with Crippen LogP contribution in [-0.4, -0.2) is 160 Å². The van der Waals surface area contributed by atoms with Gasteiger partial charge in [-0.05, 0) is 108 Å². The number of aliphatic hydroxyl groups is 1. The first-order valence-electron chi connectivity index (χ1n) is 31.2. The van der Waals surface area contributed by atoms with E-state index in [0.717, 1.165) is 173 Å². The Labute approximate surface area is 501 Å². The smallest absolute Gasteiger partial charge is 0.319 e. The van der Waals surface area contributed by atoms with E-state index in [1.54, 1.807) is 0 Å². The molecule has 9 N–H and O–H groups in total. The molecule has 1 heterocycles. The van der Waals surface area contributed by atoms with Gasteiger partial charge in [-0.2, -0.15) is 0 Å². The topological polar surface area (TPSA) is 403 Å². The number of amides is 1. The molecular weight excluding hydrogens is 1110 g/mol. The van der Waals surface area contributed by atoms with Gasteiger partial charge in [0.2, 0.25) is 31.7 Å². The minimum Gasteiger partial charge on any atom is -0.480 e. The van der Waals surface area contributed by atoms with Crippen molar-refractivity contribution in [2.75, 3.05) is 73.1 Å². The van der Waals surface area contributed by atoms with Crippen LogP contribution in [0, 0.1) is 40.5 Å². The summed E-state index contributed by atoms with van der Waals surface area (Å²) < 4.78 is 9.04. The summed E-state index contributed by atoms with van der Waals surface area (Å²) in [5.41, 5.74) is 4.80. The van der Waals surface area contributed by atoms with Gasteiger partial charge in [-0.3, -0.25) is 75.1 Å². The maximum atomic E-state index is 11.0. The number of aliphatic carboxylic acids is 1. The number of carbonyl (C=O) groups excluding carboxylic acids is 4. The largest absolute Gasteiger partial charge is 0.480 e. The number of nitrogens with zero attached hydrogens (tertiary/aromatic N) is 4. The Morgan fingerprint density at radius 3 is 1.24 bits per heavy atom. The number of carboxylic acids is 1. The van der Waals surface area contributed by atoms with E-state index in [9.17, 15) is 69.5 Å². The molecule has 488 valence electrons. The molecule has 27 nitrogen and oxygen atoms in total. The molecule has 0 bridgehead atoms. The molecule has 8 fully saturated rings. The molecule has 8 aliphatic rings. The van der Waals surface area contributed by atoms with Crippen molar-refractivity contribution in [3.8, 4) is 0 Å². The number of Topliss-reactive ketones (excluding diaryl/α,β-unsaturated/α-hetero) is 1. The van der Waals surface area contributed by atoms with E-state index >= 15 is 0 Å². The van der Waals surface area contributed by atoms with Crippen LogP contribution in [0.15, 0.2) is 11.8 Å². The Balaban J connectivity index is 0.000000342. The number of piperazine rings is 1. The first-order chi connectivity index (χ1) is 40.5. The molecule has 1 saturated heterocycles. The number of carbonyl (C=O) groups is 5. The molecule has 7 saturated carbocycles. The van der Waals surface area contributed by atoms with Gasteiger partial charge in [0.05, 0.1) is 56.4 Å². The molecule has 8 rings (SSSR count). The zero-order chi connectivity index (χ0) is 63.0. The number of hydrogen-bond acceptors (Lipinski definition) is 21. The van der Waals surface area contributed by atoms with E-state index in [4.69, 9.17) is 10.8 Å². The van der Waals surface area contributed by atoms with Gasteiger partial charge in [0, 0.05) is 51.8 Å². The van der Waals surface area contributed by atoms with Gasteiger partial charge in [0.15, 0.2) is 0 Å². The van der Waals surface area contributed by atoms with Gasteiger partial charge in [-0.25, -0.2) is 0 Å². The number of esters is 2. The number of allylic oxidation sites excluding steroid dienone is 1. The number of methoxy groups -OCH3 is 2. The first kappa shape index (κ1) is 75.7. The van der Waals surface area contributed by atoms with Crippen molar-refractivity contribution in [3.05, 3.63) is 52.2 Å². The third-order valence-corrected chi connectivity index (χ3v) is 17.4. The zero-order valence-corrected chi connectivity index (χ0v) is 51.1. The summed E-state index contributed by atoms with van der Waals surface area (Å²) in [5, 5.41) is 74.9. The number of rotatable bonds is 17. The number of carboxylic acid groups (broad SMARTS) is 1. The van der Waals surface area contributed by atoms with E-state index < -0.39 is 27.6 Å². The van der Waals surface area contributed by atoms with Gasteiger partial charge >= 0.3 is 17.9 Å². The molecule has 0 atom stereocenters. The summed E-state index contributed by atoms with van der Waals surface area (Å²) in [6.07, 6.45) is 37.0. The molecule has 0 aromatic heterocycles. The summed E-state index contributed by atoms with van der Waals surface area (Å²) in [6.45, 7) is 1.49. The Morgan fingerprint density at radius 2 is 0.906 bits per heavy atom. The average Bonchev–Trinajstić information content (AvgIpc) is 3.65. The molecular formula is C58H104N10O17. The molecule has 0 unspecified atom stereocenters. The molecule has 1 amide bonds. The molecule has 1 aliphatic heterocycles. The third-order valence-electron chi connectivity index (χ3n) is 17.4. The fraction of sp³-hybridized carbons (Fsp3) is 0.879. The predicted molar refractivity (Wildman–Crippen MR) is 319 cm³/mol. The fourth-order valence-corrected chi connectivity index (χ4v) is 12.4. The fourth-order valence-electron chi connectivity index (χ4n) is 12.4. The highest BCUT2D eigenvalue weighted by atomic mass is 16.6. The highest BCUT2D eigenvalue weighted by Gasteiger charge is 2.39. The zero-order valence-electron chi connectivity index (χ0n) is 51.1. The molecule has 0 aromatic rings. The Bertz CT molecular complexity index is 1990. The van der Waals surface area contributed by atoms with Crippen LogP contribution in [0.2, 0.25) is 0 Å². The summed E-state index contributed by atoms with van der Waals surface area (Å²) in [7, 11) is 2.62. The number of nitrogens with one attached hydrogen (secondary N) is 5. The molecule has 0 radical (unpaired) electrons. The minimum absolute atomic E-state index is 0.0250. The van der Waals surface area contributed by atoms with Crippen molar-refractivity contribution < 1.29 is 63.4 Å². The minimum atomic E-state index is -0.998. The predicted octanol–water partition coefficient (Wildman–Crippen LogP) is 6.78. The van der Waals surface area contributed by atoms with Gasteiger partial charge in [-0.15, -0.1) is 0 Å². The SMILES string of the molecule is COC(=O)CNC1(C[N+](=O)[O-])CCCCC1.COC(=O)CNC1(C[N+](=O)[O-])CCCCC1.NCC1(NCC(=O)O)CCCCC1.O=C1CCCCC1.O=C1CNC2(CCCCC2)CN1.O=[N+]([O-])C=C1CCCCC1.O=[N+]([O-])CC1(O)CCCCC1. The molecule has 0 aromatic carbocycles. The van der Waals surface area contributed by atoms with Crippen molar-refractivity contribution in [1.82, 2.24) is 26.6 Å². The van der Waals surface area contributed by atoms with Crippen LogP contribution in [0.1, 0.15) is 225 Å². The molecule has 27 heteroatoms. The lowest BCUT2D eigenvalue weighted by molar-refractivity contribution is -0.502. The van der Waals surface area contributed by atoms with Crippen LogP contribution >= 0.6 is 0 Å². The van der Waals surface area contributed by atoms with Crippen LogP contribution in [0.3, 0.4) is 0 Å². The Hall–Kier alpha value is -5.35. The monoisotopic (exact) mass is 1210 g/mol. The van der Waals surface area contributed by atoms with Crippen LogP contribution in [-0.2, 0) is 33.4 Å². The van der Waals surface area contributed by atoms with E-state index in [0.29, 0.717) is 31.7 Å². The standard InChI is InChI=1S/2C10H18N2O4.C9H18N2O2.C9H16N2O.C7H13NO3.C7H11NO2.C6H10O/c2*1-16-9(13)7-11-10(8-12(14)15)5-3-2-4-6-10;10-7-9(11-6-8(12)13)4-2-1-3-5-9;12-8-6-11-9(7-10-8)4-2-1-3-5-9;9-7(6-8(10)11)4-2-1-3-5-7;9-8(10)6-7-4-2-1-3-5-7;7-6-4-2-1-3-5-6/h2*11H,2-8H2,1H3;11H,1-7,10H2,(H,12,13);11H,1-7H2,(H,10,12);9H,1-6H2;6H,1-5H2;1-5H2. The number of ketones is 1. The second kappa shape index (κ2) is 41.7. The van der Waals surface area contributed by atoms with Crippen molar-refractivity contribution in [2.45, 2.75) is 252 Å². The maximum Gasteiger partial charge on any atom is 0.319 e. The van der Waals surface area contributed by atoms with Crippen LogP contribution in [0.25, 0.3) is 0 Å². The third kappa shape index (κ3) is 34.0. The molecule has 1 spiro atoms. The van der Waals surface area contributed by atoms with E-state index in [2.05, 4.69) is 36.1 Å². The second-order valence-electron chi connectivity index (χ2n) is 24.3. The number of ether oxygens (including phenoxy) is 2. The van der Waals surface area contributed by atoms with Gasteiger partial charge in [-0.1, -0.05) is 109 Å². The lowest BCUT2D eigenvalue weighted by Gasteiger charge is -2.41. The van der Waals surface area contributed by atoms with Crippen molar-refractivity contribution in [1.29, 1.82) is 0 Å². The lowest BCUT2D eigenvalue weighted by Crippen LogP contribution is -2.61. The highest BCUT2D eigenvalue weighted by Crippen LogP contribution is 2.32. The Morgan fingerprint density at radius 1 is 0.541 bits per heavy atom. The number of nitrogens with two attached hydrogens (primary N) is 1. The average molecular weight is 1210 g/mol. The normalized spacial score (nSPS) is 21.5. The number of nitro groups is 4. The quantitative estimate of drug-likeness (QED) is 0.0422. The van der Waals surface area contributed by atoms with E-state index in [1.165, 1.54) is 71.8 Å². The summed E-state index contributed by atoms with van der Waals surface area (Å²) >= 11 is 0. The van der Waals surface area contributed by atoms with Crippen molar-refractivity contribution >= 4 is 29.6 Å². The lowest BCUT2D eigenvalue weighted by atomic mass is 9.80. The number of hydrogen-bond donors (Lipinski definition) is 8. The van der Waals surface area contributed by atoms with Gasteiger partial charge in [0.25, 0.3) is 0 Å².